The first-order valence-corrected chi connectivity index (χ1v) is 5.37. The molecule has 0 unspecified atom stereocenters. The molecule has 1 aliphatic heterocycles. The summed E-state index contributed by atoms with van der Waals surface area (Å²) in [6.07, 6.45) is 0.360. The van der Waals surface area contributed by atoms with Gasteiger partial charge in [0.05, 0.1) is 6.04 Å². The Morgan fingerprint density at radius 2 is 2.19 bits per heavy atom. The maximum absolute atomic E-state index is 11.8. The Bertz CT molecular complexity index is 317. The largest absolute Gasteiger partial charge is 0.444 e. The predicted octanol–water partition coefficient (Wildman–Crippen LogP) is 2.69. The summed E-state index contributed by atoms with van der Waals surface area (Å²) >= 11 is 0. The molecule has 0 saturated carbocycles. The second kappa shape index (κ2) is 4.61. The number of azide groups is 1. The highest BCUT2D eigenvalue weighted by Crippen LogP contribution is 2.22. The van der Waals surface area contributed by atoms with Crippen LogP contribution in [-0.2, 0) is 4.74 Å². The van der Waals surface area contributed by atoms with E-state index in [2.05, 4.69) is 10.0 Å². The predicted molar refractivity (Wildman–Crippen MR) is 60.0 cm³/mol. The van der Waals surface area contributed by atoms with E-state index in [0.717, 1.165) is 0 Å². The topological polar surface area (TPSA) is 78.3 Å². The van der Waals surface area contributed by atoms with Gasteiger partial charge in [0.25, 0.3) is 0 Å². The van der Waals surface area contributed by atoms with Crippen LogP contribution in [0.3, 0.4) is 0 Å². The highest BCUT2D eigenvalue weighted by molar-refractivity contribution is 5.69. The Hall–Kier alpha value is -1.42. The minimum atomic E-state index is -0.493. The number of amides is 1. The van der Waals surface area contributed by atoms with E-state index in [4.69, 9.17) is 10.3 Å². The molecule has 1 saturated heterocycles. The standard InChI is InChI=1S/C10H18N4O2/c1-7-5-8(12-13-11)6-14(7)9(15)16-10(2,3)4/h7-8H,5-6H2,1-4H3/t7-,8-/m0/s1. The minimum Gasteiger partial charge on any atom is -0.444 e. The van der Waals surface area contributed by atoms with Crippen LogP contribution in [0.2, 0.25) is 0 Å². The molecule has 1 rings (SSSR count). The van der Waals surface area contributed by atoms with E-state index >= 15 is 0 Å². The van der Waals surface area contributed by atoms with Crippen molar-refractivity contribution < 1.29 is 9.53 Å². The molecule has 0 aromatic heterocycles. The molecule has 6 nitrogen and oxygen atoms in total. The normalized spacial score (nSPS) is 25.1. The molecule has 1 aliphatic rings. The number of rotatable bonds is 1. The lowest BCUT2D eigenvalue weighted by Gasteiger charge is -2.26. The molecule has 0 spiro atoms. The maximum Gasteiger partial charge on any atom is 0.410 e. The van der Waals surface area contributed by atoms with E-state index in [0.29, 0.717) is 13.0 Å². The van der Waals surface area contributed by atoms with Gasteiger partial charge in [0.1, 0.15) is 5.60 Å². The van der Waals surface area contributed by atoms with Crippen LogP contribution in [0.5, 0.6) is 0 Å². The number of ether oxygens (including phenoxy) is 1. The Morgan fingerprint density at radius 3 is 2.69 bits per heavy atom. The van der Waals surface area contributed by atoms with Crippen molar-refractivity contribution >= 4 is 6.09 Å². The summed E-state index contributed by atoms with van der Waals surface area (Å²) in [7, 11) is 0. The zero-order valence-electron chi connectivity index (χ0n) is 10.2. The second-order valence-corrected chi connectivity index (χ2v) is 5.08. The van der Waals surface area contributed by atoms with E-state index in [1.807, 2.05) is 27.7 Å². The fourth-order valence-electron chi connectivity index (χ4n) is 1.73. The van der Waals surface area contributed by atoms with E-state index in [1.165, 1.54) is 0 Å². The van der Waals surface area contributed by atoms with Crippen LogP contribution in [0.25, 0.3) is 10.4 Å². The van der Waals surface area contributed by atoms with Crippen molar-refractivity contribution in [1.29, 1.82) is 0 Å². The third kappa shape index (κ3) is 3.31. The number of hydrogen-bond acceptors (Lipinski definition) is 3. The van der Waals surface area contributed by atoms with E-state index in [9.17, 15) is 4.79 Å². The van der Waals surface area contributed by atoms with Crippen molar-refractivity contribution in [3.05, 3.63) is 10.4 Å². The summed E-state index contributed by atoms with van der Waals surface area (Å²) < 4.78 is 5.27. The number of nitrogens with zero attached hydrogens (tertiary/aromatic N) is 4. The second-order valence-electron chi connectivity index (χ2n) is 5.08. The lowest BCUT2D eigenvalue weighted by Crippen LogP contribution is -2.39. The maximum atomic E-state index is 11.8. The third-order valence-corrected chi connectivity index (χ3v) is 2.40. The van der Waals surface area contributed by atoms with E-state index in [-0.39, 0.29) is 18.2 Å². The zero-order chi connectivity index (χ0) is 12.3. The Morgan fingerprint density at radius 1 is 1.56 bits per heavy atom. The molecule has 0 N–H and O–H groups in total. The molecule has 0 aromatic rings. The number of hydrogen-bond donors (Lipinski definition) is 0. The summed E-state index contributed by atoms with van der Waals surface area (Å²) in [5.74, 6) is 0. The highest BCUT2D eigenvalue weighted by Gasteiger charge is 2.34. The molecular formula is C10H18N4O2. The van der Waals surface area contributed by atoms with Crippen LogP contribution in [0, 0.1) is 0 Å². The van der Waals surface area contributed by atoms with Crippen LogP contribution in [0.15, 0.2) is 5.11 Å². The van der Waals surface area contributed by atoms with Crippen molar-refractivity contribution in [1.82, 2.24) is 4.90 Å². The first kappa shape index (κ1) is 12.6. The first-order valence-electron chi connectivity index (χ1n) is 5.37. The number of carbonyl (C=O) groups excluding carboxylic acids is 1. The summed E-state index contributed by atoms with van der Waals surface area (Å²) in [5.41, 5.74) is 7.86. The van der Waals surface area contributed by atoms with Gasteiger partial charge in [-0.05, 0) is 39.6 Å². The smallest absolute Gasteiger partial charge is 0.410 e. The third-order valence-electron chi connectivity index (χ3n) is 2.40. The van der Waals surface area contributed by atoms with Gasteiger partial charge in [-0.25, -0.2) is 4.79 Å². The molecule has 1 heterocycles. The quantitative estimate of drug-likeness (QED) is 0.391. The number of carbonyl (C=O) groups is 1. The first-order chi connectivity index (χ1) is 7.33. The Kier molecular flexibility index (Phi) is 3.65. The van der Waals surface area contributed by atoms with E-state index < -0.39 is 5.60 Å². The summed E-state index contributed by atoms with van der Waals surface area (Å²) in [6, 6.07) is -0.0714. The zero-order valence-corrected chi connectivity index (χ0v) is 10.2. The lowest BCUT2D eigenvalue weighted by atomic mass is 10.2. The molecule has 1 fully saturated rings. The van der Waals surface area contributed by atoms with Crippen LogP contribution in [0.1, 0.15) is 34.1 Å². The van der Waals surface area contributed by atoms with Crippen molar-refractivity contribution in [2.24, 2.45) is 5.11 Å². The molecule has 1 amide bonds. The number of likely N-dealkylation sites (tertiary alicyclic amines) is 1. The average Bonchev–Trinajstić information content (AvgIpc) is 2.44. The van der Waals surface area contributed by atoms with Gasteiger partial charge in [-0.2, -0.15) is 0 Å². The fourth-order valence-corrected chi connectivity index (χ4v) is 1.73. The molecule has 0 bridgehead atoms. The molecule has 0 aromatic carbocycles. The van der Waals surface area contributed by atoms with Gasteiger partial charge < -0.3 is 9.64 Å². The van der Waals surface area contributed by atoms with Crippen LogP contribution in [-0.4, -0.2) is 35.2 Å². The molecule has 6 heteroatoms. The van der Waals surface area contributed by atoms with Gasteiger partial charge >= 0.3 is 6.09 Å². The van der Waals surface area contributed by atoms with Gasteiger partial charge in [0, 0.05) is 17.5 Å². The van der Waals surface area contributed by atoms with Crippen molar-refractivity contribution in [3.8, 4) is 0 Å². The summed E-state index contributed by atoms with van der Waals surface area (Å²) in [6.45, 7) is 7.86. The van der Waals surface area contributed by atoms with Gasteiger partial charge in [-0.1, -0.05) is 5.11 Å². The Labute approximate surface area is 95.2 Å². The van der Waals surface area contributed by atoms with Crippen molar-refractivity contribution in [3.63, 3.8) is 0 Å². The van der Waals surface area contributed by atoms with Gasteiger partial charge in [-0.15, -0.1) is 0 Å². The average molecular weight is 226 g/mol. The minimum absolute atomic E-state index is 0.0605. The molecule has 0 radical (unpaired) electrons. The Balaban J connectivity index is 2.61. The molecular weight excluding hydrogens is 208 g/mol. The van der Waals surface area contributed by atoms with Gasteiger partial charge in [0.2, 0.25) is 0 Å². The van der Waals surface area contributed by atoms with Crippen LogP contribution in [0.4, 0.5) is 4.79 Å². The van der Waals surface area contributed by atoms with Crippen molar-refractivity contribution in [2.75, 3.05) is 6.54 Å². The lowest BCUT2D eigenvalue weighted by molar-refractivity contribution is 0.0237. The molecule has 16 heavy (non-hydrogen) atoms. The van der Waals surface area contributed by atoms with E-state index in [1.54, 1.807) is 4.90 Å². The highest BCUT2D eigenvalue weighted by atomic mass is 16.6. The monoisotopic (exact) mass is 226 g/mol. The van der Waals surface area contributed by atoms with Gasteiger partial charge in [-0.3, -0.25) is 0 Å². The SMILES string of the molecule is C[C@H]1C[C@H](N=[N+]=[N-])CN1C(=O)OC(C)(C)C. The summed E-state index contributed by atoms with van der Waals surface area (Å²) in [5, 5.41) is 3.63. The fraction of sp³-hybridized carbons (Fsp3) is 0.900. The van der Waals surface area contributed by atoms with Gasteiger partial charge in [0.15, 0.2) is 0 Å². The van der Waals surface area contributed by atoms with Crippen LogP contribution < -0.4 is 0 Å². The molecule has 2 atom stereocenters. The summed E-state index contributed by atoms with van der Waals surface area (Å²) in [4.78, 5) is 16.2. The molecule has 90 valence electrons. The molecule has 0 aliphatic carbocycles. The van der Waals surface area contributed by atoms with Crippen LogP contribution >= 0.6 is 0 Å². The van der Waals surface area contributed by atoms with Crippen molar-refractivity contribution in [2.45, 2.75) is 51.8 Å².